The second kappa shape index (κ2) is 7.21. The minimum atomic E-state index is -3.79. The highest BCUT2D eigenvalue weighted by molar-refractivity contribution is 9.10. The predicted molar refractivity (Wildman–Crippen MR) is 90.5 cm³/mol. The van der Waals surface area contributed by atoms with Crippen LogP contribution in [0.5, 0.6) is 0 Å². The minimum Gasteiger partial charge on any atom is -0.218 e. The number of halogens is 1. The molecule has 2 rings (SSSR count). The number of nitrogens with zero attached hydrogens (tertiary/aromatic N) is 1. The maximum atomic E-state index is 12.4. The largest absolute Gasteiger partial charge is 0.218 e. The summed E-state index contributed by atoms with van der Waals surface area (Å²) in [5.74, 6) is 0. The SMILES string of the molecule is N#C/C(=C\C=C\c1ccccc1)S(=O)(=O)c1ccc(Br)cc1. The van der Waals surface area contributed by atoms with Crippen molar-refractivity contribution >= 4 is 31.8 Å². The van der Waals surface area contributed by atoms with E-state index < -0.39 is 9.84 Å². The first-order valence-electron chi connectivity index (χ1n) is 6.38. The normalized spacial score (nSPS) is 12.3. The molecular weight excluding hydrogens is 362 g/mol. The van der Waals surface area contributed by atoms with E-state index >= 15 is 0 Å². The van der Waals surface area contributed by atoms with Gasteiger partial charge in [-0.25, -0.2) is 8.42 Å². The van der Waals surface area contributed by atoms with Crippen LogP contribution >= 0.6 is 15.9 Å². The molecule has 2 aromatic rings. The summed E-state index contributed by atoms with van der Waals surface area (Å²) in [6, 6.07) is 17.4. The van der Waals surface area contributed by atoms with Gasteiger partial charge in [0.15, 0.2) is 0 Å². The van der Waals surface area contributed by atoms with Crippen LogP contribution < -0.4 is 0 Å². The molecule has 0 amide bonds. The van der Waals surface area contributed by atoms with Crippen LogP contribution in [0.4, 0.5) is 0 Å². The van der Waals surface area contributed by atoms with Gasteiger partial charge in [-0.05, 0) is 35.9 Å². The molecule has 0 saturated heterocycles. The molecule has 0 aliphatic rings. The number of hydrogen-bond acceptors (Lipinski definition) is 3. The smallest absolute Gasteiger partial charge is 0.216 e. The molecule has 0 radical (unpaired) electrons. The van der Waals surface area contributed by atoms with E-state index in [1.165, 1.54) is 18.2 Å². The Morgan fingerprint density at radius 1 is 1.05 bits per heavy atom. The van der Waals surface area contributed by atoms with E-state index in [1.54, 1.807) is 30.4 Å². The molecular formula is C17H12BrNO2S. The second-order valence-corrected chi connectivity index (χ2v) is 7.20. The van der Waals surface area contributed by atoms with E-state index in [4.69, 9.17) is 5.26 Å². The maximum Gasteiger partial charge on any atom is 0.216 e. The first-order chi connectivity index (χ1) is 10.5. The first kappa shape index (κ1) is 16.2. The Balaban J connectivity index is 2.31. The van der Waals surface area contributed by atoms with Gasteiger partial charge in [-0.2, -0.15) is 5.26 Å². The summed E-state index contributed by atoms with van der Waals surface area (Å²) in [4.78, 5) is -0.196. The average Bonchev–Trinajstić information content (AvgIpc) is 2.53. The van der Waals surface area contributed by atoms with Gasteiger partial charge in [-0.3, -0.25) is 0 Å². The van der Waals surface area contributed by atoms with Crippen LogP contribution in [0.25, 0.3) is 6.08 Å². The molecule has 2 aromatic carbocycles. The quantitative estimate of drug-likeness (QED) is 0.591. The van der Waals surface area contributed by atoms with Crippen molar-refractivity contribution < 1.29 is 8.42 Å². The van der Waals surface area contributed by atoms with Gasteiger partial charge in [-0.15, -0.1) is 0 Å². The van der Waals surface area contributed by atoms with Gasteiger partial charge in [-0.1, -0.05) is 58.4 Å². The summed E-state index contributed by atoms with van der Waals surface area (Å²) in [5, 5.41) is 9.13. The van der Waals surface area contributed by atoms with Crippen molar-refractivity contribution in [1.82, 2.24) is 0 Å². The van der Waals surface area contributed by atoms with Crippen LogP contribution in [0.2, 0.25) is 0 Å². The summed E-state index contributed by atoms with van der Waals surface area (Å²) in [6.45, 7) is 0. The molecule has 0 N–H and O–H groups in total. The highest BCUT2D eigenvalue weighted by Crippen LogP contribution is 2.21. The number of allylic oxidation sites excluding steroid dienone is 3. The number of benzene rings is 2. The van der Waals surface area contributed by atoms with Crippen LogP contribution in [-0.4, -0.2) is 8.42 Å². The summed E-state index contributed by atoms with van der Waals surface area (Å²) in [6.07, 6.45) is 4.61. The van der Waals surface area contributed by atoms with E-state index in [1.807, 2.05) is 30.3 Å². The standard InChI is InChI=1S/C17H12BrNO2S/c18-15-9-11-16(12-10-15)22(20,21)17(13-19)8-4-7-14-5-2-1-3-6-14/h1-12H/b7-4+,17-8+. The molecule has 110 valence electrons. The lowest BCUT2D eigenvalue weighted by atomic mass is 10.2. The molecule has 0 fully saturated rings. The lowest BCUT2D eigenvalue weighted by molar-refractivity contribution is 0.603. The number of rotatable bonds is 4. The maximum absolute atomic E-state index is 12.4. The van der Waals surface area contributed by atoms with Crippen LogP contribution in [0.3, 0.4) is 0 Å². The van der Waals surface area contributed by atoms with Gasteiger partial charge in [0.05, 0.1) is 4.90 Å². The molecule has 0 saturated carbocycles. The average molecular weight is 374 g/mol. The molecule has 22 heavy (non-hydrogen) atoms. The Labute approximate surface area is 138 Å². The van der Waals surface area contributed by atoms with Crippen LogP contribution in [0.15, 0.2) is 81.0 Å². The highest BCUT2D eigenvalue weighted by Gasteiger charge is 2.19. The van der Waals surface area contributed by atoms with Crippen molar-refractivity contribution in [2.24, 2.45) is 0 Å². The zero-order chi connectivity index (χ0) is 16.0. The third-order valence-electron chi connectivity index (χ3n) is 2.86. The van der Waals surface area contributed by atoms with Gasteiger partial charge in [0, 0.05) is 4.47 Å². The summed E-state index contributed by atoms with van der Waals surface area (Å²) < 4.78 is 25.5. The van der Waals surface area contributed by atoms with Crippen molar-refractivity contribution in [3.05, 3.63) is 81.7 Å². The molecule has 0 heterocycles. The molecule has 0 aliphatic carbocycles. The molecule has 0 atom stereocenters. The Bertz CT molecular complexity index is 846. The number of hydrogen-bond donors (Lipinski definition) is 0. The lowest BCUT2D eigenvalue weighted by Gasteiger charge is -2.02. The van der Waals surface area contributed by atoms with Crippen molar-refractivity contribution in [3.63, 3.8) is 0 Å². The van der Waals surface area contributed by atoms with Crippen LogP contribution in [-0.2, 0) is 9.84 Å². The first-order valence-corrected chi connectivity index (χ1v) is 8.66. The third kappa shape index (κ3) is 3.94. The topological polar surface area (TPSA) is 57.9 Å². The Kier molecular flexibility index (Phi) is 5.31. The fourth-order valence-corrected chi connectivity index (χ4v) is 3.13. The third-order valence-corrected chi connectivity index (χ3v) is 5.09. The van der Waals surface area contributed by atoms with Crippen molar-refractivity contribution in [1.29, 1.82) is 5.26 Å². The fraction of sp³-hybridized carbons (Fsp3) is 0. The molecule has 5 heteroatoms. The molecule has 3 nitrogen and oxygen atoms in total. The van der Waals surface area contributed by atoms with E-state index in [0.717, 1.165) is 10.0 Å². The van der Waals surface area contributed by atoms with E-state index in [0.29, 0.717) is 0 Å². The van der Waals surface area contributed by atoms with Crippen LogP contribution in [0.1, 0.15) is 5.56 Å². The molecule has 0 spiro atoms. The number of sulfone groups is 1. The van der Waals surface area contributed by atoms with E-state index in [2.05, 4.69) is 15.9 Å². The molecule has 0 aliphatic heterocycles. The summed E-state index contributed by atoms with van der Waals surface area (Å²) >= 11 is 3.25. The minimum absolute atomic E-state index is 0.0941. The Morgan fingerprint density at radius 2 is 1.68 bits per heavy atom. The van der Waals surface area contributed by atoms with E-state index in [-0.39, 0.29) is 9.80 Å². The van der Waals surface area contributed by atoms with E-state index in [9.17, 15) is 8.42 Å². The van der Waals surface area contributed by atoms with Gasteiger partial charge in [0.2, 0.25) is 9.84 Å². The van der Waals surface area contributed by atoms with Gasteiger partial charge >= 0.3 is 0 Å². The Hall–Kier alpha value is -2.16. The molecule has 0 unspecified atom stereocenters. The van der Waals surface area contributed by atoms with Crippen molar-refractivity contribution in [2.75, 3.05) is 0 Å². The van der Waals surface area contributed by atoms with Crippen LogP contribution in [0, 0.1) is 11.3 Å². The monoisotopic (exact) mass is 373 g/mol. The molecule has 0 aromatic heterocycles. The second-order valence-electron chi connectivity index (χ2n) is 4.37. The van der Waals surface area contributed by atoms with Crippen molar-refractivity contribution in [3.8, 4) is 6.07 Å². The highest BCUT2D eigenvalue weighted by atomic mass is 79.9. The fourth-order valence-electron chi connectivity index (χ4n) is 1.74. The summed E-state index contributed by atoms with van der Waals surface area (Å²) in [7, 11) is -3.79. The van der Waals surface area contributed by atoms with Gasteiger partial charge in [0.25, 0.3) is 0 Å². The molecule has 0 bridgehead atoms. The zero-order valence-corrected chi connectivity index (χ0v) is 13.9. The zero-order valence-electron chi connectivity index (χ0n) is 11.5. The van der Waals surface area contributed by atoms with Gasteiger partial charge < -0.3 is 0 Å². The van der Waals surface area contributed by atoms with Crippen molar-refractivity contribution in [2.45, 2.75) is 4.90 Å². The van der Waals surface area contributed by atoms with Gasteiger partial charge in [0.1, 0.15) is 11.0 Å². The lowest BCUT2D eigenvalue weighted by Crippen LogP contribution is -2.03. The summed E-state index contributed by atoms with van der Waals surface area (Å²) in [5.41, 5.74) is 0.928. The Morgan fingerprint density at radius 3 is 2.27 bits per heavy atom. The predicted octanol–water partition coefficient (Wildman–Crippen LogP) is 4.34. The number of nitriles is 1.